The molecule has 0 aromatic heterocycles. The minimum atomic E-state index is 0. The van der Waals surface area contributed by atoms with E-state index in [1.807, 2.05) is 24.3 Å². The summed E-state index contributed by atoms with van der Waals surface area (Å²) < 4.78 is 5.28. The zero-order valence-electron chi connectivity index (χ0n) is 13.7. The van der Waals surface area contributed by atoms with Crippen LogP contribution < -0.4 is 15.8 Å². The predicted octanol–water partition coefficient (Wildman–Crippen LogP) is 4.15. The lowest BCUT2D eigenvalue weighted by Gasteiger charge is -2.12. The summed E-state index contributed by atoms with van der Waals surface area (Å²) in [4.78, 5) is 4.43. The minimum Gasteiger partial charge on any atom is -0.495 e. The van der Waals surface area contributed by atoms with Crippen molar-refractivity contribution < 1.29 is 4.74 Å². The average molecular weight is 425 g/mol. The van der Waals surface area contributed by atoms with Gasteiger partial charge < -0.3 is 15.8 Å². The Labute approximate surface area is 155 Å². The van der Waals surface area contributed by atoms with Crippen LogP contribution in [0.5, 0.6) is 5.75 Å². The van der Waals surface area contributed by atoms with Crippen LogP contribution in [0, 0.1) is 6.92 Å². The van der Waals surface area contributed by atoms with Gasteiger partial charge in [-0.2, -0.15) is 0 Å². The topological polar surface area (TPSA) is 59.6 Å². The zero-order chi connectivity index (χ0) is 15.9. The Bertz CT molecular complexity index is 658. The van der Waals surface area contributed by atoms with Gasteiger partial charge in [0.15, 0.2) is 5.96 Å². The molecular weight excluding hydrogens is 401 g/mol. The van der Waals surface area contributed by atoms with Crippen molar-refractivity contribution in [3.05, 3.63) is 59.7 Å². The van der Waals surface area contributed by atoms with Gasteiger partial charge in [-0.25, -0.2) is 0 Å². The Kier molecular flexibility index (Phi) is 7.88. The fourth-order valence-electron chi connectivity index (χ4n) is 2.24. The molecule has 0 aliphatic heterocycles. The molecule has 124 valence electrons. The molecule has 4 nitrogen and oxygen atoms in total. The van der Waals surface area contributed by atoms with Crippen molar-refractivity contribution in [1.29, 1.82) is 0 Å². The average Bonchev–Trinajstić information content (AvgIpc) is 2.53. The van der Waals surface area contributed by atoms with E-state index in [9.17, 15) is 0 Å². The first kappa shape index (κ1) is 19.3. The second-order valence-electron chi connectivity index (χ2n) is 5.37. The number of para-hydroxylation sites is 2. The second-order valence-corrected chi connectivity index (χ2v) is 5.37. The zero-order valence-corrected chi connectivity index (χ0v) is 16.1. The van der Waals surface area contributed by atoms with Crippen LogP contribution in [-0.4, -0.2) is 19.6 Å². The molecule has 0 saturated heterocycles. The first-order valence-electron chi connectivity index (χ1n) is 7.36. The number of hydrogen-bond acceptors (Lipinski definition) is 2. The van der Waals surface area contributed by atoms with Gasteiger partial charge in [0.05, 0.1) is 12.8 Å². The second kappa shape index (κ2) is 9.39. The number of nitrogens with zero attached hydrogens (tertiary/aromatic N) is 1. The van der Waals surface area contributed by atoms with Crippen molar-refractivity contribution in [2.24, 2.45) is 10.7 Å². The molecule has 2 aromatic rings. The quantitative estimate of drug-likeness (QED) is 0.430. The molecular formula is C18H24IN3O. The van der Waals surface area contributed by atoms with Gasteiger partial charge >= 0.3 is 0 Å². The number of anilines is 1. The molecule has 0 radical (unpaired) electrons. The van der Waals surface area contributed by atoms with Gasteiger partial charge in [-0.1, -0.05) is 48.9 Å². The van der Waals surface area contributed by atoms with Gasteiger partial charge in [-0.3, -0.25) is 4.99 Å². The number of benzene rings is 2. The van der Waals surface area contributed by atoms with Crippen LogP contribution >= 0.6 is 24.0 Å². The lowest BCUT2D eigenvalue weighted by Crippen LogP contribution is -2.23. The lowest BCUT2D eigenvalue weighted by atomic mass is 10.00. The summed E-state index contributed by atoms with van der Waals surface area (Å²) in [6.07, 6.45) is 0. The normalized spacial score (nSPS) is 12.2. The highest BCUT2D eigenvalue weighted by atomic mass is 127. The molecule has 1 unspecified atom stereocenters. The number of halogens is 1. The number of ether oxygens (including phenoxy) is 1. The first-order valence-corrected chi connectivity index (χ1v) is 7.36. The molecule has 0 fully saturated rings. The number of hydrogen-bond donors (Lipinski definition) is 2. The number of aliphatic imine (C=N–C) groups is 1. The predicted molar refractivity (Wildman–Crippen MR) is 108 cm³/mol. The van der Waals surface area contributed by atoms with Crippen LogP contribution in [0.2, 0.25) is 0 Å². The van der Waals surface area contributed by atoms with Crippen LogP contribution in [0.4, 0.5) is 5.69 Å². The van der Waals surface area contributed by atoms with Crippen molar-refractivity contribution in [2.75, 3.05) is 19.0 Å². The molecule has 0 saturated carbocycles. The van der Waals surface area contributed by atoms with Crippen LogP contribution in [0.15, 0.2) is 53.5 Å². The summed E-state index contributed by atoms with van der Waals surface area (Å²) in [5, 5.41) is 3.08. The van der Waals surface area contributed by atoms with E-state index >= 15 is 0 Å². The van der Waals surface area contributed by atoms with E-state index in [1.165, 1.54) is 11.1 Å². The number of nitrogens with one attached hydrogen (secondary N) is 1. The van der Waals surface area contributed by atoms with E-state index in [0.29, 0.717) is 18.4 Å². The number of aryl methyl sites for hydroxylation is 1. The van der Waals surface area contributed by atoms with E-state index in [4.69, 9.17) is 10.5 Å². The molecule has 0 bridgehead atoms. The van der Waals surface area contributed by atoms with Gasteiger partial charge in [0.2, 0.25) is 0 Å². The maximum Gasteiger partial charge on any atom is 0.193 e. The molecule has 0 spiro atoms. The van der Waals surface area contributed by atoms with Gasteiger partial charge in [-0.15, -0.1) is 24.0 Å². The monoisotopic (exact) mass is 425 g/mol. The van der Waals surface area contributed by atoms with E-state index in [2.05, 4.69) is 48.4 Å². The third-order valence-electron chi connectivity index (χ3n) is 3.52. The van der Waals surface area contributed by atoms with E-state index in [0.717, 1.165) is 11.4 Å². The van der Waals surface area contributed by atoms with Crippen molar-refractivity contribution in [3.8, 4) is 5.75 Å². The van der Waals surface area contributed by atoms with Gasteiger partial charge in [-0.05, 0) is 24.6 Å². The Balaban J connectivity index is 0.00000264. The smallest absolute Gasteiger partial charge is 0.193 e. The SMILES string of the molecule is COc1ccccc1NC(N)=NCC(C)c1cccc(C)c1.I. The van der Waals surface area contributed by atoms with Crippen molar-refractivity contribution in [3.63, 3.8) is 0 Å². The van der Waals surface area contributed by atoms with E-state index in [-0.39, 0.29) is 24.0 Å². The molecule has 0 aliphatic rings. The van der Waals surface area contributed by atoms with Gasteiger partial charge in [0, 0.05) is 12.5 Å². The summed E-state index contributed by atoms with van der Waals surface area (Å²) in [5.41, 5.74) is 9.31. The molecule has 0 aliphatic carbocycles. The maximum absolute atomic E-state index is 5.97. The third kappa shape index (κ3) is 5.74. The molecule has 5 heteroatoms. The molecule has 1 atom stereocenters. The number of guanidine groups is 1. The molecule has 2 rings (SSSR count). The minimum absolute atomic E-state index is 0. The van der Waals surface area contributed by atoms with E-state index < -0.39 is 0 Å². The number of methoxy groups -OCH3 is 1. The Morgan fingerprint density at radius 1 is 1.22 bits per heavy atom. The fraction of sp³-hybridized carbons (Fsp3) is 0.278. The van der Waals surface area contributed by atoms with Crippen LogP contribution in [0.3, 0.4) is 0 Å². The molecule has 2 aromatic carbocycles. The lowest BCUT2D eigenvalue weighted by molar-refractivity contribution is 0.417. The van der Waals surface area contributed by atoms with Crippen molar-refractivity contribution >= 4 is 35.6 Å². The number of rotatable bonds is 5. The summed E-state index contributed by atoms with van der Waals surface area (Å²) in [6, 6.07) is 16.1. The summed E-state index contributed by atoms with van der Waals surface area (Å²) in [6.45, 7) is 4.88. The third-order valence-corrected chi connectivity index (χ3v) is 3.52. The van der Waals surface area contributed by atoms with Crippen LogP contribution in [0.25, 0.3) is 0 Å². The number of nitrogens with two attached hydrogens (primary N) is 1. The van der Waals surface area contributed by atoms with Crippen LogP contribution in [0.1, 0.15) is 24.0 Å². The molecule has 0 amide bonds. The molecule has 23 heavy (non-hydrogen) atoms. The van der Waals surface area contributed by atoms with Gasteiger partial charge in [0.25, 0.3) is 0 Å². The highest BCUT2D eigenvalue weighted by Crippen LogP contribution is 2.22. The first-order chi connectivity index (χ1) is 10.6. The summed E-state index contributed by atoms with van der Waals surface area (Å²) >= 11 is 0. The standard InChI is InChI=1S/C18H23N3O.HI/c1-13-7-6-8-15(11-13)14(2)12-20-18(19)21-16-9-4-5-10-17(16)22-3;/h4-11,14H,12H2,1-3H3,(H3,19,20,21);1H. The summed E-state index contributed by atoms with van der Waals surface area (Å²) in [7, 11) is 1.63. The Hall–Kier alpha value is -1.76. The highest BCUT2D eigenvalue weighted by molar-refractivity contribution is 14.0. The Morgan fingerprint density at radius 2 is 1.96 bits per heavy atom. The van der Waals surface area contributed by atoms with Crippen LogP contribution in [-0.2, 0) is 0 Å². The van der Waals surface area contributed by atoms with Crippen molar-refractivity contribution in [2.45, 2.75) is 19.8 Å². The Morgan fingerprint density at radius 3 is 2.65 bits per heavy atom. The van der Waals surface area contributed by atoms with E-state index in [1.54, 1.807) is 7.11 Å². The maximum atomic E-state index is 5.97. The largest absolute Gasteiger partial charge is 0.495 e. The molecule has 3 N–H and O–H groups in total. The molecule has 0 heterocycles. The summed E-state index contributed by atoms with van der Waals surface area (Å²) in [5.74, 6) is 1.45. The van der Waals surface area contributed by atoms with Gasteiger partial charge in [0.1, 0.15) is 5.75 Å². The fourth-order valence-corrected chi connectivity index (χ4v) is 2.24. The highest BCUT2D eigenvalue weighted by Gasteiger charge is 2.06. The van der Waals surface area contributed by atoms with Crippen molar-refractivity contribution in [1.82, 2.24) is 0 Å².